The van der Waals surface area contributed by atoms with Crippen LogP contribution in [-0.2, 0) is 0 Å². The van der Waals surface area contributed by atoms with Gasteiger partial charge in [-0.05, 0) is 51.6 Å². The van der Waals surface area contributed by atoms with Gasteiger partial charge in [0.25, 0.3) is 0 Å². The Morgan fingerprint density at radius 1 is 1.17 bits per heavy atom. The molecule has 0 saturated carbocycles. The third-order valence-corrected chi connectivity index (χ3v) is 2.95. The summed E-state index contributed by atoms with van der Waals surface area (Å²) in [7, 11) is 2.04. The van der Waals surface area contributed by atoms with Crippen LogP contribution < -0.4 is 0 Å². The van der Waals surface area contributed by atoms with Gasteiger partial charge in [0.15, 0.2) is 0 Å². The van der Waals surface area contributed by atoms with Gasteiger partial charge >= 0.3 is 5.97 Å². The fraction of sp³-hybridized carbons (Fsp3) is 0.350. The molecule has 0 heterocycles. The predicted molar refractivity (Wildman–Crippen MR) is 96.3 cm³/mol. The average Bonchev–Trinajstić information content (AvgIpc) is 2.46. The molecule has 0 saturated heterocycles. The zero-order valence-corrected chi connectivity index (χ0v) is 14.3. The summed E-state index contributed by atoms with van der Waals surface area (Å²) in [6.07, 6.45) is 8.00. The first kappa shape index (κ1) is 18.7. The Morgan fingerprint density at radius 2 is 1.78 bits per heavy atom. The van der Waals surface area contributed by atoms with E-state index in [-0.39, 0.29) is 5.41 Å². The van der Waals surface area contributed by atoms with E-state index in [1.165, 1.54) is 0 Å². The van der Waals surface area contributed by atoms with Crippen LogP contribution >= 0.6 is 0 Å². The maximum Gasteiger partial charge on any atom is 0.335 e. The van der Waals surface area contributed by atoms with E-state index in [4.69, 9.17) is 5.11 Å². The van der Waals surface area contributed by atoms with Gasteiger partial charge in [-0.15, -0.1) is 0 Å². The van der Waals surface area contributed by atoms with Crippen LogP contribution in [-0.4, -0.2) is 36.1 Å². The molecule has 0 fully saturated rings. The van der Waals surface area contributed by atoms with Crippen LogP contribution in [0, 0.1) is 17.3 Å². The molecule has 0 atom stereocenters. The van der Waals surface area contributed by atoms with Gasteiger partial charge < -0.3 is 5.11 Å². The van der Waals surface area contributed by atoms with Crippen molar-refractivity contribution in [2.75, 3.05) is 20.1 Å². The zero-order valence-electron chi connectivity index (χ0n) is 14.3. The summed E-state index contributed by atoms with van der Waals surface area (Å²) in [5, 5.41) is 8.85. The first-order valence-electron chi connectivity index (χ1n) is 7.64. The maximum absolute atomic E-state index is 10.8. The number of allylic oxidation sites excluding steroid dienone is 1. The van der Waals surface area contributed by atoms with Crippen LogP contribution in [0.3, 0.4) is 0 Å². The summed E-state index contributed by atoms with van der Waals surface area (Å²) in [6.45, 7) is 7.92. The number of carbonyl (C=O) groups is 1. The first-order valence-corrected chi connectivity index (χ1v) is 7.64. The number of rotatable bonds is 6. The van der Waals surface area contributed by atoms with E-state index < -0.39 is 5.97 Å². The van der Waals surface area contributed by atoms with E-state index in [2.05, 4.69) is 43.6 Å². The van der Waals surface area contributed by atoms with Crippen LogP contribution in [0.1, 0.15) is 36.7 Å². The van der Waals surface area contributed by atoms with Crippen molar-refractivity contribution in [3.63, 3.8) is 0 Å². The molecule has 0 radical (unpaired) electrons. The fourth-order valence-electron chi connectivity index (χ4n) is 1.73. The number of carboxylic acids is 1. The Kier molecular flexibility index (Phi) is 7.31. The Morgan fingerprint density at radius 3 is 2.35 bits per heavy atom. The molecule has 0 aliphatic heterocycles. The molecule has 3 heteroatoms. The third-order valence-electron chi connectivity index (χ3n) is 2.95. The summed E-state index contributed by atoms with van der Waals surface area (Å²) in [5.41, 5.74) is 1.34. The number of likely N-dealkylation sites (N-methyl/N-ethyl adjacent to an activating group) is 1. The molecule has 0 aliphatic carbocycles. The van der Waals surface area contributed by atoms with E-state index in [0.717, 1.165) is 18.7 Å². The number of benzene rings is 1. The summed E-state index contributed by atoms with van der Waals surface area (Å²) >= 11 is 0. The molecule has 23 heavy (non-hydrogen) atoms. The van der Waals surface area contributed by atoms with E-state index in [1.807, 2.05) is 37.4 Å². The van der Waals surface area contributed by atoms with Crippen LogP contribution in [0.4, 0.5) is 0 Å². The second kappa shape index (κ2) is 8.97. The maximum atomic E-state index is 10.8. The molecule has 122 valence electrons. The zero-order chi connectivity index (χ0) is 17.3. The molecule has 3 nitrogen and oxygen atoms in total. The lowest BCUT2D eigenvalue weighted by Gasteiger charge is -2.10. The van der Waals surface area contributed by atoms with E-state index >= 15 is 0 Å². The molecule has 0 bridgehead atoms. The lowest BCUT2D eigenvalue weighted by molar-refractivity contribution is 0.0697. The largest absolute Gasteiger partial charge is 0.478 e. The van der Waals surface area contributed by atoms with Crippen molar-refractivity contribution in [3.8, 4) is 11.8 Å². The highest BCUT2D eigenvalue weighted by atomic mass is 16.4. The van der Waals surface area contributed by atoms with Crippen molar-refractivity contribution in [2.45, 2.75) is 20.8 Å². The molecule has 0 amide bonds. The Hall–Kier alpha value is -2.31. The van der Waals surface area contributed by atoms with Crippen molar-refractivity contribution in [1.29, 1.82) is 0 Å². The quantitative estimate of drug-likeness (QED) is 0.809. The monoisotopic (exact) mass is 311 g/mol. The lowest BCUT2D eigenvalue weighted by Crippen LogP contribution is -2.17. The molecule has 1 rings (SSSR count). The Bertz CT molecular complexity index is 622. The molecule has 0 aliphatic rings. The third kappa shape index (κ3) is 8.65. The number of hydrogen-bond donors (Lipinski definition) is 1. The number of hydrogen-bond acceptors (Lipinski definition) is 2. The van der Waals surface area contributed by atoms with E-state index in [1.54, 1.807) is 12.1 Å². The first-order chi connectivity index (χ1) is 10.8. The van der Waals surface area contributed by atoms with Crippen molar-refractivity contribution in [1.82, 2.24) is 4.90 Å². The van der Waals surface area contributed by atoms with Gasteiger partial charge in [-0.25, -0.2) is 4.79 Å². The normalized spacial score (nSPS) is 11.9. The molecule has 0 unspecified atom stereocenters. The van der Waals surface area contributed by atoms with Gasteiger partial charge in [0.2, 0.25) is 0 Å². The highest BCUT2D eigenvalue weighted by molar-refractivity contribution is 5.87. The number of carboxylic acid groups (broad SMARTS) is 1. The summed E-state index contributed by atoms with van der Waals surface area (Å²) < 4.78 is 0. The SMILES string of the molecule is CN(CC=CC#CC(C)(C)C)CC=Cc1ccc(C(=O)O)cc1. The molecule has 1 aromatic carbocycles. The predicted octanol–water partition coefficient (Wildman–Crippen LogP) is 3.94. The van der Waals surface area contributed by atoms with Crippen LogP contribution in [0.15, 0.2) is 42.5 Å². The number of nitrogens with zero attached hydrogens (tertiary/aromatic N) is 1. The fourth-order valence-corrected chi connectivity index (χ4v) is 1.73. The smallest absolute Gasteiger partial charge is 0.335 e. The second-order valence-corrected chi connectivity index (χ2v) is 6.47. The Balaban J connectivity index is 2.40. The van der Waals surface area contributed by atoms with Crippen LogP contribution in [0.25, 0.3) is 6.08 Å². The second-order valence-electron chi connectivity index (χ2n) is 6.47. The van der Waals surface area contributed by atoms with Gasteiger partial charge in [0.1, 0.15) is 0 Å². The van der Waals surface area contributed by atoms with Gasteiger partial charge in [0, 0.05) is 18.5 Å². The van der Waals surface area contributed by atoms with Crippen molar-refractivity contribution < 1.29 is 9.90 Å². The average molecular weight is 311 g/mol. The van der Waals surface area contributed by atoms with Gasteiger partial charge in [-0.3, -0.25) is 4.90 Å². The minimum absolute atomic E-state index is 0.0369. The van der Waals surface area contributed by atoms with Gasteiger partial charge in [0.05, 0.1) is 5.56 Å². The van der Waals surface area contributed by atoms with E-state index in [9.17, 15) is 4.79 Å². The van der Waals surface area contributed by atoms with Gasteiger partial charge in [-0.1, -0.05) is 42.2 Å². The minimum atomic E-state index is -0.901. The van der Waals surface area contributed by atoms with Gasteiger partial charge in [-0.2, -0.15) is 0 Å². The summed E-state index contributed by atoms with van der Waals surface area (Å²) in [6, 6.07) is 6.84. The molecule has 1 N–H and O–H groups in total. The Labute approximate surface area is 139 Å². The summed E-state index contributed by atoms with van der Waals surface area (Å²) in [5.74, 6) is 5.31. The minimum Gasteiger partial charge on any atom is -0.478 e. The molecular formula is C20H25NO2. The highest BCUT2D eigenvalue weighted by Gasteiger charge is 2.02. The molecular weight excluding hydrogens is 286 g/mol. The highest BCUT2D eigenvalue weighted by Crippen LogP contribution is 2.09. The van der Waals surface area contributed by atoms with Crippen molar-refractivity contribution in [2.24, 2.45) is 5.41 Å². The van der Waals surface area contributed by atoms with Crippen LogP contribution in [0.5, 0.6) is 0 Å². The standard InChI is InChI=1S/C20H25NO2/c1-20(2,3)14-6-5-7-15-21(4)16-8-9-17-10-12-18(13-11-17)19(22)23/h5,7-13H,15-16H2,1-4H3,(H,22,23). The lowest BCUT2D eigenvalue weighted by atomic mass is 9.98. The van der Waals surface area contributed by atoms with Crippen molar-refractivity contribution >= 4 is 12.0 Å². The molecule has 0 aromatic heterocycles. The summed E-state index contributed by atoms with van der Waals surface area (Å²) in [4.78, 5) is 12.9. The van der Waals surface area contributed by atoms with Crippen molar-refractivity contribution in [3.05, 3.63) is 53.6 Å². The molecule has 0 spiro atoms. The van der Waals surface area contributed by atoms with E-state index in [0.29, 0.717) is 5.56 Å². The molecule has 1 aromatic rings. The number of aromatic carboxylic acids is 1. The topological polar surface area (TPSA) is 40.5 Å². The van der Waals surface area contributed by atoms with Crippen LogP contribution in [0.2, 0.25) is 0 Å².